The molecule has 0 saturated heterocycles. The van der Waals surface area contributed by atoms with Crippen LogP contribution in [0, 0.1) is 0 Å². The number of benzene rings is 1. The maximum Gasteiger partial charge on any atom is 0.338 e. The lowest BCUT2D eigenvalue weighted by Crippen LogP contribution is -2.27. The minimum atomic E-state index is -0.285. The lowest BCUT2D eigenvalue weighted by molar-refractivity contribution is 0.0211. The van der Waals surface area contributed by atoms with E-state index in [2.05, 4.69) is 5.32 Å². The minimum Gasteiger partial charge on any atom is -0.459 e. The van der Waals surface area contributed by atoms with Crippen molar-refractivity contribution in [1.29, 1.82) is 0 Å². The van der Waals surface area contributed by atoms with E-state index < -0.39 is 0 Å². The first-order chi connectivity index (χ1) is 10.1. The van der Waals surface area contributed by atoms with E-state index in [1.54, 1.807) is 38.4 Å². The molecular formula is C16H22N2O3. The van der Waals surface area contributed by atoms with Gasteiger partial charge >= 0.3 is 12.0 Å². The van der Waals surface area contributed by atoms with Gasteiger partial charge in [-0.1, -0.05) is 6.42 Å². The normalized spacial score (nSPS) is 15.3. The molecule has 1 aromatic carbocycles. The molecule has 1 aromatic rings. The summed E-state index contributed by atoms with van der Waals surface area (Å²) >= 11 is 0. The van der Waals surface area contributed by atoms with Gasteiger partial charge in [0.25, 0.3) is 0 Å². The van der Waals surface area contributed by atoms with Crippen molar-refractivity contribution in [3.05, 3.63) is 29.8 Å². The lowest BCUT2D eigenvalue weighted by atomic mass is 9.98. The van der Waals surface area contributed by atoms with Gasteiger partial charge in [-0.15, -0.1) is 0 Å². The molecule has 0 bridgehead atoms. The Morgan fingerprint density at radius 3 is 2.29 bits per heavy atom. The Kier molecular flexibility index (Phi) is 5.20. The number of anilines is 1. The van der Waals surface area contributed by atoms with Gasteiger partial charge in [0.15, 0.2) is 0 Å². The largest absolute Gasteiger partial charge is 0.459 e. The number of hydrogen-bond acceptors (Lipinski definition) is 3. The fourth-order valence-electron chi connectivity index (χ4n) is 2.33. The number of carbonyl (C=O) groups excluding carboxylic acids is 2. The van der Waals surface area contributed by atoms with Crippen LogP contribution in [0.3, 0.4) is 0 Å². The zero-order chi connectivity index (χ0) is 15.2. The van der Waals surface area contributed by atoms with E-state index in [0.717, 1.165) is 25.7 Å². The van der Waals surface area contributed by atoms with E-state index in [9.17, 15) is 9.59 Å². The number of hydrogen-bond donors (Lipinski definition) is 1. The molecule has 0 spiro atoms. The number of rotatable bonds is 3. The highest BCUT2D eigenvalue weighted by atomic mass is 16.5. The van der Waals surface area contributed by atoms with Crippen LogP contribution in [0.2, 0.25) is 0 Å². The second kappa shape index (κ2) is 7.11. The summed E-state index contributed by atoms with van der Waals surface area (Å²) in [4.78, 5) is 25.0. The number of carbonyl (C=O) groups is 2. The first-order valence-electron chi connectivity index (χ1n) is 7.35. The van der Waals surface area contributed by atoms with E-state index in [1.165, 1.54) is 11.3 Å². The second-order valence-corrected chi connectivity index (χ2v) is 5.57. The van der Waals surface area contributed by atoms with Crippen LogP contribution in [-0.4, -0.2) is 37.1 Å². The third kappa shape index (κ3) is 4.48. The van der Waals surface area contributed by atoms with Crippen molar-refractivity contribution in [3.8, 4) is 0 Å². The summed E-state index contributed by atoms with van der Waals surface area (Å²) in [5, 5.41) is 2.72. The van der Waals surface area contributed by atoms with Crippen LogP contribution in [-0.2, 0) is 4.74 Å². The van der Waals surface area contributed by atoms with Crippen LogP contribution in [0.25, 0.3) is 0 Å². The van der Waals surface area contributed by atoms with Crippen molar-refractivity contribution in [2.24, 2.45) is 0 Å². The van der Waals surface area contributed by atoms with Crippen LogP contribution >= 0.6 is 0 Å². The number of ether oxygens (including phenoxy) is 1. The smallest absolute Gasteiger partial charge is 0.338 e. The number of esters is 1. The fourth-order valence-corrected chi connectivity index (χ4v) is 2.33. The van der Waals surface area contributed by atoms with E-state index >= 15 is 0 Å². The topological polar surface area (TPSA) is 58.6 Å². The average Bonchev–Trinajstić information content (AvgIpc) is 2.48. The van der Waals surface area contributed by atoms with Crippen molar-refractivity contribution in [1.82, 2.24) is 4.90 Å². The molecule has 1 N–H and O–H groups in total. The Morgan fingerprint density at radius 2 is 1.71 bits per heavy atom. The second-order valence-electron chi connectivity index (χ2n) is 5.57. The van der Waals surface area contributed by atoms with Gasteiger partial charge in [-0.3, -0.25) is 0 Å². The van der Waals surface area contributed by atoms with Crippen LogP contribution in [0.1, 0.15) is 42.5 Å². The summed E-state index contributed by atoms with van der Waals surface area (Å²) in [7, 11) is 3.34. The zero-order valence-corrected chi connectivity index (χ0v) is 12.6. The molecule has 0 radical (unpaired) electrons. The number of urea groups is 1. The first kappa shape index (κ1) is 15.4. The fraction of sp³-hybridized carbons (Fsp3) is 0.500. The third-order valence-corrected chi connectivity index (χ3v) is 3.60. The van der Waals surface area contributed by atoms with Gasteiger partial charge in [-0.05, 0) is 49.9 Å². The molecule has 0 atom stereocenters. The highest BCUT2D eigenvalue weighted by Crippen LogP contribution is 2.21. The van der Waals surface area contributed by atoms with Crippen molar-refractivity contribution >= 4 is 17.7 Å². The summed E-state index contributed by atoms with van der Waals surface area (Å²) in [6.07, 6.45) is 5.47. The molecule has 5 nitrogen and oxygen atoms in total. The van der Waals surface area contributed by atoms with Crippen molar-refractivity contribution in [2.45, 2.75) is 38.2 Å². The van der Waals surface area contributed by atoms with E-state index in [0.29, 0.717) is 11.3 Å². The quantitative estimate of drug-likeness (QED) is 0.869. The maximum absolute atomic E-state index is 12.0. The van der Waals surface area contributed by atoms with Gasteiger partial charge in [0.2, 0.25) is 0 Å². The maximum atomic E-state index is 12.0. The van der Waals surface area contributed by atoms with Crippen molar-refractivity contribution < 1.29 is 14.3 Å². The molecule has 2 amide bonds. The molecule has 2 rings (SSSR count). The van der Waals surface area contributed by atoms with Gasteiger partial charge in [0.1, 0.15) is 6.10 Å². The summed E-state index contributed by atoms with van der Waals surface area (Å²) in [6, 6.07) is 6.57. The Labute approximate surface area is 125 Å². The van der Waals surface area contributed by atoms with Gasteiger partial charge in [-0.25, -0.2) is 9.59 Å². The Balaban J connectivity index is 1.91. The van der Waals surface area contributed by atoms with Gasteiger partial charge in [-0.2, -0.15) is 0 Å². The van der Waals surface area contributed by atoms with Crippen LogP contribution in [0.15, 0.2) is 24.3 Å². The van der Waals surface area contributed by atoms with E-state index in [1.807, 2.05) is 0 Å². The average molecular weight is 290 g/mol. The highest BCUT2D eigenvalue weighted by molar-refractivity contribution is 5.92. The molecule has 0 unspecified atom stereocenters. The summed E-state index contributed by atoms with van der Waals surface area (Å²) in [5.74, 6) is -0.285. The summed E-state index contributed by atoms with van der Waals surface area (Å²) in [6.45, 7) is 0. The number of nitrogens with zero attached hydrogens (tertiary/aromatic N) is 1. The number of nitrogens with one attached hydrogen (secondary N) is 1. The summed E-state index contributed by atoms with van der Waals surface area (Å²) in [5.41, 5.74) is 1.17. The molecule has 5 heteroatoms. The van der Waals surface area contributed by atoms with Crippen molar-refractivity contribution in [3.63, 3.8) is 0 Å². The minimum absolute atomic E-state index is 0.0550. The van der Waals surface area contributed by atoms with E-state index in [4.69, 9.17) is 4.74 Å². The molecular weight excluding hydrogens is 268 g/mol. The molecule has 21 heavy (non-hydrogen) atoms. The van der Waals surface area contributed by atoms with Gasteiger partial charge < -0.3 is 15.0 Å². The molecule has 0 aliphatic heterocycles. The molecule has 0 aromatic heterocycles. The predicted octanol–water partition coefficient (Wildman–Crippen LogP) is 3.27. The Hall–Kier alpha value is -2.04. The zero-order valence-electron chi connectivity index (χ0n) is 12.6. The Bertz CT molecular complexity index is 491. The molecule has 0 heterocycles. The third-order valence-electron chi connectivity index (χ3n) is 3.60. The monoisotopic (exact) mass is 290 g/mol. The van der Waals surface area contributed by atoms with Gasteiger partial charge in [0, 0.05) is 19.8 Å². The van der Waals surface area contributed by atoms with Crippen LogP contribution in [0.5, 0.6) is 0 Å². The van der Waals surface area contributed by atoms with Gasteiger partial charge in [0.05, 0.1) is 5.56 Å². The molecule has 1 fully saturated rings. The lowest BCUT2D eigenvalue weighted by Gasteiger charge is -2.21. The standard InChI is InChI=1S/C16H22N2O3/c1-18(2)16(20)17-13-10-8-12(9-11-13)15(19)21-14-6-4-3-5-7-14/h8-11,14H,3-7H2,1-2H3,(H,17,20). The molecule has 1 saturated carbocycles. The van der Waals surface area contributed by atoms with Crippen LogP contribution < -0.4 is 5.32 Å². The Morgan fingerprint density at radius 1 is 1.10 bits per heavy atom. The molecule has 1 aliphatic rings. The molecule has 114 valence electrons. The van der Waals surface area contributed by atoms with Crippen molar-refractivity contribution in [2.75, 3.05) is 19.4 Å². The highest BCUT2D eigenvalue weighted by Gasteiger charge is 2.18. The van der Waals surface area contributed by atoms with E-state index in [-0.39, 0.29) is 18.1 Å². The molecule has 1 aliphatic carbocycles. The summed E-state index contributed by atoms with van der Waals surface area (Å²) < 4.78 is 5.50. The predicted molar refractivity (Wildman–Crippen MR) is 81.4 cm³/mol. The number of amides is 2. The SMILES string of the molecule is CN(C)C(=O)Nc1ccc(C(=O)OC2CCCCC2)cc1. The van der Waals surface area contributed by atoms with Crippen LogP contribution in [0.4, 0.5) is 10.5 Å². The first-order valence-corrected chi connectivity index (χ1v) is 7.35.